The number of amides is 1. The predicted octanol–water partition coefficient (Wildman–Crippen LogP) is 2.93. The number of carbonyl (C=O) groups is 1. The van der Waals surface area contributed by atoms with Crippen LogP contribution >= 0.6 is 0 Å². The van der Waals surface area contributed by atoms with Gasteiger partial charge in [0.1, 0.15) is 0 Å². The van der Waals surface area contributed by atoms with E-state index in [4.69, 9.17) is 5.73 Å². The zero-order valence-electron chi connectivity index (χ0n) is 14.4. The Bertz CT molecular complexity index is 557. The molecular formula is C19H29N3O. The van der Waals surface area contributed by atoms with Crippen LogP contribution in [0.25, 0.3) is 0 Å². The normalized spacial score (nSPS) is 28.0. The Hall–Kier alpha value is -1.55. The number of benzene rings is 1. The molecule has 1 aromatic rings. The Morgan fingerprint density at radius 3 is 2.78 bits per heavy atom. The summed E-state index contributed by atoms with van der Waals surface area (Å²) >= 11 is 0. The smallest absolute Gasteiger partial charge is 0.226 e. The topological polar surface area (TPSA) is 49.6 Å². The van der Waals surface area contributed by atoms with Crippen LogP contribution < -0.4 is 10.6 Å². The molecule has 126 valence electrons. The van der Waals surface area contributed by atoms with E-state index >= 15 is 0 Å². The van der Waals surface area contributed by atoms with Crippen LogP contribution in [0.2, 0.25) is 0 Å². The van der Waals surface area contributed by atoms with Crippen LogP contribution in [0, 0.1) is 5.92 Å². The lowest BCUT2D eigenvalue weighted by Gasteiger charge is -2.33. The standard InChI is InChI=1S/C19H29N3O/c1-21(2)17-9-4-6-14(13-17)18-10-5-11-22(18)19(23)15-7-3-8-16(20)12-15/h4,6,9,13,15-16,18H,3,5,7-8,10-12,20H2,1-2H3. The lowest BCUT2D eigenvalue weighted by molar-refractivity contribution is -0.137. The van der Waals surface area contributed by atoms with Gasteiger partial charge < -0.3 is 15.5 Å². The molecule has 23 heavy (non-hydrogen) atoms. The van der Waals surface area contributed by atoms with Crippen LogP contribution in [0.3, 0.4) is 0 Å². The van der Waals surface area contributed by atoms with Gasteiger partial charge in [0.05, 0.1) is 6.04 Å². The van der Waals surface area contributed by atoms with E-state index in [0.717, 1.165) is 45.1 Å². The minimum Gasteiger partial charge on any atom is -0.378 e. The van der Waals surface area contributed by atoms with Crippen LogP contribution in [0.4, 0.5) is 5.69 Å². The van der Waals surface area contributed by atoms with Gasteiger partial charge in [-0.1, -0.05) is 18.6 Å². The molecule has 4 nitrogen and oxygen atoms in total. The average Bonchev–Trinajstić information content (AvgIpc) is 3.04. The number of carbonyl (C=O) groups excluding carboxylic acids is 1. The summed E-state index contributed by atoms with van der Waals surface area (Å²) in [5.41, 5.74) is 8.55. The number of hydrogen-bond donors (Lipinski definition) is 1. The van der Waals surface area contributed by atoms with E-state index in [1.807, 2.05) is 0 Å². The van der Waals surface area contributed by atoms with E-state index in [0.29, 0.717) is 5.91 Å². The van der Waals surface area contributed by atoms with Gasteiger partial charge in [0.25, 0.3) is 0 Å². The van der Waals surface area contributed by atoms with E-state index in [2.05, 4.69) is 48.2 Å². The first-order valence-corrected chi connectivity index (χ1v) is 8.89. The van der Waals surface area contributed by atoms with Gasteiger partial charge in [-0.25, -0.2) is 0 Å². The molecule has 3 unspecified atom stereocenters. The molecule has 2 fully saturated rings. The minimum absolute atomic E-state index is 0.136. The summed E-state index contributed by atoms with van der Waals surface area (Å²) in [6.45, 7) is 0.890. The van der Waals surface area contributed by atoms with Crippen molar-refractivity contribution in [1.29, 1.82) is 0 Å². The second-order valence-corrected chi connectivity index (χ2v) is 7.30. The second kappa shape index (κ2) is 6.91. The first kappa shape index (κ1) is 16.3. The molecule has 1 heterocycles. The van der Waals surface area contributed by atoms with Crippen molar-refractivity contribution in [2.45, 2.75) is 50.6 Å². The molecule has 1 aromatic carbocycles. The predicted molar refractivity (Wildman–Crippen MR) is 94.4 cm³/mol. The highest BCUT2D eigenvalue weighted by Gasteiger charge is 2.35. The van der Waals surface area contributed by atoms with Crippen molar-refractivity contribution in [1.82, 2.24) is 4.90 Å². The Morgan fingerprint density at radius 2 is 2.04 bits per heavy atom. The number of nitrogens with two attached hydrogens (primary N) is 1. The van der Waals surface area contributed by atoms with Crippen molar-refractivity contribution in [2.24, 2.45) is 11.7 Å². The van der Waals surface area contributed by atoms with E-state index in [1.54, 1.807) is 0 Å². The molecule has 1 amide bonds. The van der Waals surface area contributed by atoms with Crippen LogP contribution in [-0.4, -0.2) is 37.5 Å². The van der Waals surface area contributed by atoms with Crippen LogP contribution in [0.5, 0.6) is 0 Å². The molecule has 4 heteroatoms. The van der Waals surface area contributed by atoms with Crippen molar-refractivity contribution in [3.05, 3.63) is 29.8 Å². The number of hydrogen-bond acceptors (Lipinski definition) is 3. The second-order valence-electron chi connectivity index (χ2n) is 7.30. The molecule has 3 rings (SSSR count). The van der Waals surface area contributed by atoms with E-state index in [-0.39, 0.29) is 18.0 Å². The van der Waals surface area contributed by atoms with Crippen molar-refractivity contribution in [3.63, 3.8) is 0 Å². The van der Waals surface area contributed by atoms with Crippen molar-refractivity contribution in [3.8, 4) is 0 Å². The van der Waals surface area contributed by atoms with E-state index < -0.39 is 0 Å². The Labute approximate surface area is 139 Å². The third-order valence-corrected chi connectivity index (χ3v) is 5.37. The summed E-state index contributed by atoms with van der Waals surface area (Å²) in [5, 5.41) is 0. The summed E-state index contributed by atoms with van der Waals surface area (Å²) in [6, 6.07) is 9.04. The SMILES string of the molecule is CN(C)c1cccc(C2CCCN2C(=O)C2CCCC(N)C2)c1. The summed E-state index contributed by atoms with van der Waals surface area (Å²) in [4.78, 5) is 17.2. The summed E-state index contributed by atoms with van der Waals surface area (Å²) in [5.74, 6) is 0.467. The molecule has 1 saturated heterocycles. The van der Waals surface area contributed by atoms with Gasteiger partial charge in [-0.3, -0.25) is 4.79 Å². The Balaban J connectivity index is 1.77. The van der Waals surface area contributed by atoms with E-state index in [9.17, 15) is 4.79 Å². The van der Waals surface area contributed by atoms with Crippen molar-refractivity contribution in [2.75, 3.05) is 25.5 Å². The minimum atomic E-state index is 0.136. The van der Waals surface area contributed by atoms with Crippen LogP contribution in [0.15, 0.2) is 24.3 Å². The molecule has 3 atom stereocenters. The molecule has 1 aliphatic carbocycles. The Kier molecular flexibility index (Phi) is 4.90. The van der Waals surface area contributed by atoms with Gasteiger partial charge in [0.2, 0.25) is 5.91 Å². The fourth-order valence-electron chi connectivity index (χ4n) is 4.07. The van der Waals surface area contributed by atoms with E-state index in [1.165, 1.54) is 11.3 Å². The largest absolute Gasteiger partial charge is 0.378 e. The molecule has 0 radical (unpaired) electrons. The van der Waals surface area contributed by atoms with Crippen LogP contribution in [0.1, 0.15) is 50.1 Å². The van der Waals surface area contributed by atoms with Gasteiger partial charge in [-0.2, -0.15) is 0 Å². The fourth-order valence-corrected chi connectivity index (χ4v) is 4.07. The highest BCUT2D eigenvalue weighted by Crippen LogP contribution is 2.36. The van der Waals surface area contributed by atoms with Gasteiger partial charge in [-0.05, 0) is 49.8 Å². The monoisotopic (exact) mass is 315 g/mol. The molecular weight excluding hydrogens is 286 g/mol. The molecule has 2 N–H and O–H groups in total. The molecule has 1 aliphatic heterocycles. The maximum atomic E-state index is 13.0. The number of nitrogens with zero attached hydrogens (tertiary/aromatic N) is 2. The maximum Gasteiger partial charge on any atom is 0.226 e. The number of rotatable bonds is 3. The maximum absolute atomic E-state index is 13.0. The lowest BCUT2D eigenvalue weighted by Crippen LogP contribution is -2.40. The third kappa shape index (κ3) is 3.52. The zero-order chi connectivity index (χ0) is 16.4. The molecule has 0 aromatic heterocycles. The highest BCUT2D eigenvalue weighted by atomic mass is 16.2. The first-order chi connectivity index (χ1) is 11.1. The molecule has 2 aliphatic rings. The lowest BCUT2D eigenvalue weighted by atomic mass is 9.85. The van der Waals surface area contributed by atoms with Crippen molar-refractivity contribution < 1.29 is 4.79 Å². The average molecular weight is 315 g/mol. The molecule has 0 spiro atoms. The summed E-state index contributed by atoms with van der Waals surface area (Å²) in [7, 11) is 4.11. The Morgan fingerprint density at radius 1 is 1.22 bits per heavy atom. The van der Waals surface area contributed by atoms with Gasteiger partial charge in [-0.15, -0.1) is 0 Å². The summed E-state index contributed by atoms with van der Waals surface area (Å²) < 4.78 is 0. The summed E-state index contributed by atoms with van der Waals surface area (Å²) in [6.07, 6.45) is 6.19. The highest BCUT2D eigenvalue weighted by molar-refractivity contribution is 5.80. The van der Waals surface area contributed by atoms with Crippen molar-refractivity contribution >= 4 is 11.6 Å². The zero-order valence-corrected chi connectivity index (χ0v) is 14.4. The number of anilines is 1. The molecule has 0 bridgehead atoms. The van der Waals surface area contributed by atoms with Gasteiger partial charge in [0, 0.05) is 38.3 Å². The quantitative estimate of drug-likeness (QED) is 0.933. The number of likely N-dealkylation sites (tertiary alicyclic amines) is 1. The first-order valence-electron chi connectivity index (χ1n) is 8.89. The van der Waals surface area contributed by atoms with Crippen LogP contribution in [-0.2, 0) is 4.79 Å². The third-order valence-electron chi connectivity index (χ3n) is 5.37. The fraction of sp³-hybridized carbons (Fsp3) is 0.632. The molecule has 1 saturated carbocycles. The van der Waals surface area contributed by atoms with Gasteiger partial charge >= 0.3 is 0 Å². The van der Waals surface area contributed by atoms with Gasteiger partial charge in [0.15, 0.2) is 0 Å².